The van der Waals surface area contributed by atoms with Gasteiger partial charge in [0.25, 0.3) is 0 Å². The molecular formula is C52H41NS. The Morgan fingerprint density at radius 2 is 1.04 bits per heavy atom. The van der Waals surface area contributed by atoms with E-state index in [0.29, 0.717) is 0 Å². The molecule has 1 aromatic heterocycles. The van der Waals surface area contributed by atoms with Crippen LogP contribution < -0.4 is 4.90 Å². The number of fused-ring (bicyclic) bond motifs is 6. The third kappa shape index (κ3) is 4.44. The topological polar surface area (TPSA) is 3.24 Å². The summed E-state index contributed by atoms with van der Waals surface area (Å²) in [5, 5.41) is 2.65. The second-order valence-electron chi connectivity index (χ2n) is 16.5. The number of para-hydroxylation sites is 1. The fourth-order valence-electron chi connectivity index (χ4n) is 12.0. The first-order valence-electron chi connectivity index (χ1n) is 19.9. The van der Waals surface area contributed by atoms with Crippen LogP contribution in [0.1, 0.15) is 43.2 Å². The first-order chi connectivity index (χ1) is 26.7. The average molecular weight is 712 g/mol. The largest absolute Gasteiger partial charge is 0.310 e. The minimum atomic E-state index is 0.184. The van der Waals surface area contributed by atoms with Crippen molar-refractivity contribution in [3.8, 4) is 33.4 Å². The third-order valence-electron chi connectivity index (χ3n) is 13.9. The zero-order chi connectivity index (χ0) is 35.4. The lowest BCUT2D eigenvalue weighted by molar-refractivity contribution is -0.0399. The lowest BCUT2D eigenvalue weighted by Gasteiger charge is -2.61. The van der Waals surface area contributed by atoms with Crippen molar-refractivity contribution in [2.75, 3.05) is 4.90 Å². The van der Waals surface area contributed by atoms with Gasteiger partial charge < -0.3 is 4.90 Å². The van der Waals surface area contributed by atoms with Gasteiger partial charge in [-0.1, -0.05) is 121 Å². The lowest BCUT2D eigenvalue weighted by atomic mass is 9.43. The summed E-state index contributed by atoms with van der Waals surface area (Å²) in [5.41, 5.74) is 14.9. The molecule has 5 aliphatic carbocycles. The molecule has 1 spiro atoms. The summed E-state index contributed by atoms with van der Waals surface area (Å²) < 4.78 is 2.64. The van der Waals surface area contributed by atoms with Crippen LogP contribution in [0.2, 0.25) is 0 Å². The second-order valence-corrected chi connectivity index (χ2v) is 17.6. The van der Waals surface area contributed by atoms with E-state index in [1.807, 2.05) is 11.3 Å². The summed E-state index contributed by atoms with van der Waals surface area (Å²) in [6.45, 7) is 0. The molecule has 5 aliphatic rings. The zero-order valence-electron chi connectivity index (χ0n) is 30.3. The smallest absolute Gasteiger partial charge is 0.0540 e. The normalized spacial score (nSPS) is 23.3. The van der Waals surface area contributed by atoms with Crippen LogP contribution in [0.25, 0.3) is 53.6 Å². The van der Waals surface area contributed by atoms with E-state index in [1.165, 1.54) is 97.0 Å². The molecule has 4 fully saturated rings. The first kappa shape index (κ1) is 31.0. The van der Waals surface area contributed by atoms with Crippen LogP contribution in [0.4, 0.5) is 17.1 Å². The van der Waals surface area contributed by atoms with Gasteiger partial charge in [-0.3, -0.25) is 0 Å². The number of rotatable bonds is 5. The maximum absolute atomic E-state index is 2.56. The highest BCUT2D eigenvalue weighted by atomic mass is 32.1. The Balaban J connectivity index is 1.03. The average Bonchev–Trinajstić information content (AvgIpc) is 3.74. The molecule has 4 bridgehead atoms. The van der Waals surface area contributed by atoms with Crippen molar-refractivity contribution in [2.45, 2.75) is 37.5 Å². The summed E-state index contributed by atoms with van der Waals surface area (Å²) in [7, 11) is 0. The molecule has 1 heterocycles. The van der Waals surface area contributed by atoms with Gasteiger partial charge >= 0.3 is 0 Å². The number of anilines is 3. The number of thiophene rings is 1. The molecule has 0 aliphatic heterocycles. The number of benzene rings is 7. The van der Waals surface area contributed by atoms with E-state index < -0.39 is 0 Å². The van der Waals surface area contributed by atoms with Crippen molar-refractivity contribution in [3.63, 3.8) is 0 Å². The molecule has 260 valence electrons. The number of hydrogen-bond donors (Lipinski definition) is 0. The Morgan fingerprint density at radius 3 is 1.85 bits per heavy atom. The molecule has 0 amide bonds. The van der Waals surface area contributed by atoms with E-state index in [4.69, 9.17) is 0 Å². The van der Waals surface area contributed by atoms with Crippen LogP contribution in [-0.2, 0) is 5.41 Å². The standard InChI is InChI=1S/C52H41NS/c1-2-10-35(11-3-1)36-18-21-40(22-19-36)53(41-23-24-45-44-14-6-9-17-50(44)54-51(45)32-41)49-16-8-5-12-42(49)37-20-25-48-46(31-37)43-13-4-7-15-47(43)52(48)38-27-33-26-34(29-38)30-39(52)28-33/h1-25,31-34,38-39H,26-30H2. The predicted molar refractivity (Wildman–Crippen MR) is 228 cm³/mol. The van der Waals surface area contributed by atoms with Gasteiger partial charge in [0.2, 0.25) is 0 Å². The Bertz CT molecular complexity index is 2710. The summed E-state index contributed by atoms with van der Waals surface area (Å²) >= 11 is 1.88. The highest BCUT2D eigenvalue weighted by Crippen LogP contribution is 2.69. The minimum absolute atomic E-state index is 0.184. The fourth-order valence-corrected chi connectivity index (χ4v) is 13.1. The first-order valence-corrected chi connectivity index (χ1v) is 20.7. The van der Waals surface area contributed by atoms with Gasteiger partial charge in [-0.2, -0.15) is 0 Å². The van der Waals surface area contributed by atoms with Crippen molar-refractivity contribution in [1.82, 2.24) is 0 Å². The van der Waals surface area contributed by atoms with Crippen LogP contribution in [0.3, 0.4) is 0 Å². The van der Waals surface area contributed by atoms with E-state index in [2.05, 4.69) is 169 Å². The zero-order valence-corrected chi connectivity index (χ0v) is 31.1. The summed E-state index contributed by atoms with van der Waals surface area (Å²) in [5.74, 6) is 3.43. The molecular weight excluding hydrogens is 671 g/mol. The van der Waals surface area contributed by atoms with E-state index in [-0.39, 0.29) is 5.41 Å². The maximum Gasteiger partial charge on any atom is 0.0540 e. The van der Waals surface area contributed by atoms with E-state index >= 15 is 0 Å². The molecule has 13 rings (SSSR count). The second kappa shape index (κ2) is 11.8. The van der Waals surface area contributed by atoms with Gasteiger partial charge in [0, 0.05) is 42.5 Å². The summed E-state index contributed by atoms with van der Waals surface area (Å²) in [6.07, 6.45) is 7.12. The Kier molecular flexibility index (Phi) is 6.75. The number of nitrogens with zero attached hydrogens (tertiary/aromatic N) is 1. The van der Waals surface area contributed by atoms with Crippen LogP contribution in [0.15, 0.2) is 164 Å². The molecule has 0 atom stereocenters. The Hall–Kier alpha value is -5.44. The van der Waals surface area contributed by atoms with Crippen LogP contribution >= 0.6 is 11.3 Å². The molecule has 4 saturated carbocycles. The Morgan fingerprint density at radius 1 is 0.426 bits per heavy atom. The molecule has 0 N–H and O–H groups in total. The van der Waals surface area contributed by atoms with Crippen molar-refractivity contribution >= 4 is 48.6 Å². The van der Waals surface area contributed by atoms with Crippen molar-refractivity contribution < 1.29 is 0 Å². The highest BCUT2D eigenvalue weighted by Gasteiger charge is 2.61. The minimum Gasteiger partial charge on any atom is -0.310 e. The molecule has 8 aromatic rings. The van der Waals surface area contributed by atoms with E-state index in [0.717, 1.165) is 29.4 Å². The van der Waals surface area contributed by atoms with Gasteiger partial charge in [-0.05, 0) is 137 Å². The van der Waals surface area contributed by atoms with Crippen molar-refractivity contribution in [2.24, 2.45) is 23.7 Å². The van der Waals surface area contributed by atoms with Gasteiger partial charge in [0.1, 0.15) is 0 Å². The monoisotopic (exact) mass is 711 g/mol. The molecule has 0 radical (unpaired) electrons. The highest BCUT2D eigenvalue weighted by molar-refractivity contribution is 7.25. The molecule has 0 saturated heterocycles. The van der Waals surface area contributed by atoms with Crippen LogP contribution in [0.5, 0.6) is 0 Å². The van der Waals surface area contributed by atoms with Crippen LogP contribution in [0, 0.1) is 23.7 Å². The number of hydrogen-bond acceptors (Lipinski definition) is 2. The van der Waals surface area contributed by atoms with Crippen LogP contribution in [-0.4, -0.2) is 0 Å². The van der Waals surface area contributed by atoms with Gasteiger partial charge in [0.05, 0.1) is 5.69 Å². The fraction of sp³-hybridized carbons (Fsp3) is 0.192. The van der Waals surface area contributed by atoms with Gasteiger partial charge in [0.15, 0.2) is 0 Å². The Labute approximate surface area is 321 Å². The molecule has 7 aromatic carbocycles. The van der Waals surface area contributed by atoms with E-state index in [9.17, 15) is 0 Å². The molecule has 1 nitrogen and oxygen atoms in total. The molecule has 0 unspecified atom stereocenters. The summed E-state index contributed by atoms with van der Waals surface area (Å²) in [6, 6.07) is 61.8. The van der Waals surface area contributed by atoms with Gasteiger partial charge in [-0.25, -0.2) is 0 Å². The quantitative estimate of drug-likeness (QED) is 0.172. The molecule has 2 heteroatoms. The SMILES string of the molecule is c1ccc(-c2ccc(N(c3ccc4c(c3)sc3ccccc34)c3ccccc3-c3ccc4c(c3)-c3ccccc3C43C4CC5CC(C4)CC3C5)cc2)cc1. The summed E-state index contributed by atoms with van der Waals surface area (Å²) in [4.78, 5) is 2.48. The van der Waals surface area contributed by atoms with Crippen molar-refractivity contribution in [3.05, 3.63) is 175 Å². The lowest BCUT2D eigenvalue weighted by Crippen LogP contribution is -2.55. The van der Waals surface area contributed by atoms with Gasteiger partial charge in [-0.15, -0.1) is 11.3 Å². The third-order valence-corrected chi connectivity index (χ3v) is 15.0. The van der Waals surface area contributed by atoms with Crippen molar-refractivity contribution in [1.29, 1.82) is 0 Å². The molecule has 54 heavy (non-hydrogen) atoms. The maximum atomic E-state index is 2.56. The predicted octanol–water partition coefficient (Wildman–Crippen LogP) is 14.6. The van der Waals surface area contributed by atoms with E-state index in [1.54, 1.807) is 11.1 Å².